The van der Waals surface area contributed by atoms with Gasteiger partial charge in [-0.25, -0.2) is 0 Å². The summed E-state index contributed by atoms with van der Waals surface area (Å²) in [5, 5.41) is 0. The van der Waals surface area contributed by atoms with Gasteiger partial charge in [0.15, 0.2) is 0 Å². The van der Waals surface area contributed by atoms with E-state index >= 15 is 0 Å². The van der Waals surface area contributed by atoms with Crippen LogP contribution < -0.4 is 5.73 Å². The van der Waals surface area contributed by atoms with Crippen molar-refractivity contribution in [2.45, 2.75) is 38.5 Å². The third kappa shape index (κ3) is 3.77. The Bertz CT molecular complexity index is 353. The maximum absolute atomic E-state index is 5.68. The molecule has 0 aromatic carbocycles. The Labute approximate surface area is 109 Å². The fraction of sp³-hybridized carbons (Fsp3) is 0.643. The number of hydrogen-bond acceptors (Lipinski definition) is 4. The van der Waals surface area contributed by atoms with Crippen molar-refractivity contribution in [3.05, 3.63) is 29.6 Å². The molecule has 0 aliphatic carbocycles. The number of ether oxygens (including phenoxy) is 1. The minimum atomic E-state index is 0.544. The van der Waals surface area contributed by atoms with Crippen LogP contribution in [0.5, 0.6) is 0 Å². The topological polar surface area (TPSA) is 51.4 Å². The second-order valence-electron chi connectivity index (χ2n) is 4.98. The van der Waals surface area contributed by atoms with E-state index in [1.165, 1.54) is 19.4 Å². The largest absolute Gasteiger partial charge is 0.375 e. The van der Waals surface area contributed by atoms with Crippen LogP contribution in [0.4, 0.5) is 0 Å². The van der Waals surface area contributed by atoms with Gasteiger partial charge >= 0.3 is 0 Å². The van der Waals surface area contributed by atoms with Crippen LogP contribution >= 0.6 is 0 Å². The normalized spacial score (nSPS) is 20.4. The van der Waals surface area contributed by atoms with Gasteiger partial charge < -0.3 is 15.4 Å². The van der Waals surface area contributed by atoms with Gasteiger partial charge in [-0.15, -0.1) is 0 Å². The Morgan fingerprint density at radius 3 is 3.00 bits per heavy atom. The minimum Gasteiger partial charge on any atom is -0.375 e. The lowest BCUT2D eigenvalue weighted by Gasteiger charge is -2.18. The van der Waals surface area contributed by atoms with E-state index in [1.54, 1.807) is 0 Å². The molecule has 0 radical (unpaired) electrons. The first-order valence-corrected chi connectivity index (χ1v) is 6.71. The minimum absolute atomic E-state index is 0.544. The standard InChI is InChI=1S/C14H23N3O/c1-17-7-2-3-14(17)6-8-18-11-13-5-4-12(9-15)10-16-13/h4-5,10,14H,2-3,6-9,11,15H2,1H3. The van der Waals surface area contributed by atoms with Crippen LogP contribution in [0.1, 0.15) is 30.5 Å². The molecule has 1 aliphatic heterocycles. The molecule has 2 rings (SSSR count). The highest BCUT2D eigenvalue weighted by atomic mass is 16.5. The smallest absolute Gasteiger partial charge is 0.0887 e. The summed E-state index contributed by atoms with van der Waals surface area (Å²) < 4.78 is 5.68. The lowest BCUT2D eigenvalue weighted by molar-refractivity contribution is 0.0993. The first kappa shape index (κ1) is 13.5. The van der Waals surface area contributed by atoms with Crippen LogP contribution in [0, 0.1) is 0 Å². The first-order chi connectivity index (χ1) is 8.79. The molecule has 4 nitrogen and oxygen atoms in total. The van der Waals surface area contributed by atoms with E-state index in [0.29, 0.717) is 19.2 Å². The predicted molar refractivity (Wildman–Crippen MR) is 72.1 cm³/mol. The summed E-state index contributed by atoms with van der Waals surface area (Å²) in [7, 11) is 2.20. The van der Waals surface area contributed by atoms with E-state index < -0.39 is 0 Å². The van der Waals surface area contributed by atoms with Crippen LogP contribution in [-0.2, 0) is 17.9 Å². The zero-order chi connectivity index (χ0) is 12.8. The van der Waals surface area contributed by atoms with Gasteiger partial charge in [0.25, 0.3) is 0 Å². The van der Waals surface area contributed by atoms with E-state index in [1.807, 2.05) is 18.3 Å². The molecular formula is C14H23N3O. The number of hydrogen-bond donors (Lipinski definition) is 1. The predicted octanol–water partition coefficient (Wildman–Crippen LogP) is 1.54. The number of rotatable bonds is 6. The van der Waals surface area contributed by atoms with Crippen molar-refractivity contribution in [3.63, 3.8) is 0 Å². The number of likely N-dealkylation sites (tertiary alicyclic amines) is 1. The van der Waals surface area contributed by atoms with Crippen LogP contribution in [0.25, 0.3) is 0 Å². The molecule has 1 aliphatic rings. The van der Waals surface area contributed by atoms with Crippen molar-refractivity contribution in [1.29, 1.82) is 0 Å². The van der Waals surface area contributed by atoms with Crippen molar-refractivity contribution in [2.24, 2.45) is 5.73 Å². The van der Waals surface area contributed by atoms with Crippen LogP contribution in [0.3, 0.4) is 0 Å². The van der Waals surface area contributed by atoms with Gasteiger partial charge in [-0.05, 0) is 44.5 Å². The highest BCUT2D eigenvalue weighted by molar-refractivity contribution is 5.13. The summed E-state index contributed by atoms with van der Waals surface area (Å²) in [6, 6.07) is 4.71. The molecule has 2 heterocycles. The zero-order valence-corrected chi connectivity index (χ0v) is 11.1. The number of nitrogens with two attached hydrogens (primary N) is 1. The van der Waals surface area contributed by atoms with E-state index in [-0.39, 0.29) is 0 Å². The Balaban J connectivity index is 1.65. The van der Waals surface area contributed by atoms with E-state index in [2.05, 4.69) is 16.9 Å². The molecule has 2 N–H and O–H groups in total. The molecular weight excluding hydrogens is 226 g/mol. The highest BCUT2D eigenvalue weighted by Crippen LogP contribution is 2.17. The molecule has 1 unspecified atom stereocenters. The second kappa shape index (κ2) is 6.83. The maximum Gasteiger partial charge on any atom is 0.0887 e. The number of nitrogens with zero attached hydrogens (tertiary/aromatic N) is 2. The van der Waals surface area contributed by atoms with Crippen LogP contribution in [0.2, 0.25) is 0 Å². The van der Waals surface area contributed by atoms with E-state index in [9.17, 15) is 0 Å². The highest BCUT2D eigenvalue weighted by Gasteiger charge is 2.19. The van der Waals surface area contributed by atoms with Crippen molar-refractivity contribution in [2.75, 3.05) is 20.2 Å². The van der Waals surface area contributed by atoms with Crippen molar-refractivity contribution in [3.8, 4) is 0 Å². The molecule has 1 aromatic heterocycles. The third-order valence-corrected chi connectivity index (χ3v) is 3.64. The zero-order valence-electron chi connectivity index (χ0n) is 11.1. The van der Waals surface area contributed by atoms with Crippen LogP contribution in [0.15, 0.2) is 18.3 Å². The Morgan fingerprint density at radius 2 is 2.39 bits per heavy atom. The molecule has 0 spiro atoms. The Kier molecular flexibility index (Phi) is 5.11. The molecule has 4 heteroatoms. The molecule has 0 amide bonds. The molecule has 1 aromatic rings. The molecule has 0 bridgehead atoms. The third-order valence-electron chi connectivity index (χ3n) is 3.64. The summed E-state index contributed by atoms with van der Waals surface area (Å²) in [5.41, 5.74) is 7.57. The van der Waals surface area contributed by atoms with Gasteiger partial charge in [-0.2, -0.15) is 0 Å². The summed E-state index contributed by atoms with van der Waals surface area (Å²) >= 11 is 0. The second-order valence-corrected chi connectivity index (χ2v) is 4.98. The monoisotopic (exact) mass is 249 g/mol. The van der Waals surface area contributed by atoms with E-state index in [4.69, 9.17) is 10.5 Å². The van der Waals surface area contributed by atoms with Crippen molar-refractivity contribution in [1.82, 2.24) is 9.88 Å². The van der Waals surface area contributed by atoms with Crippen LogP contribution in [-0.4, -0.2) is 36.1 Å². The average Bonchev–Trinajstić information content (AvgIpc) is 2.81. The fourth-order valence-corrected chi connectivity index (χ4v) is 2.40. The number of aromatic nitrogens is 1. The van der Waals surface area contributed by atoms with Gasteiger partial charge in [0.2, 0.25) is 0 Å². The van der Waals surface area contributed by atoms with E-state index in [0.717, 1.165) is 24.3 Å². The Morgan fingerprint density at radius 1 is 1.50 bits per heavy atom. The van der Waals surface area contributed by atoms with Gasteiger partial charge in [0.05, 0.1) is 12.3 Å². The molecule has 100 valence electrons. The summed E-state index contributed by atoms with van der Waals surface area (Å²) in [4.78, 5) is 6.75. The molecule has 1 saturated heterocycles. The average molecular weight is 249 g/mol. The molecule has 0 saturated carbocycles. The summed E-state index contributed by atoms with van der Waals surface area (Å²) in [6.07, 6.45) is 5.58. The SMILES string of the molecule is CN1CCCC1CCOCc1ccc(CN)cn1. The number of pyridine rings is 1. The first-order valence-electron chi connectivity index (χ1n) is 6.71. The quantitative estimate of drug-likeness (QED) is 0.777. The van der Waals surface area contributed by atoms with Crippen molar-refractivity contribution < 1.29 is 4.74 Å². The maximum atomic E-state index is 5.68. The lowest BCUT2D eigenvalue weighted by atomic mass is 10.1. The van der Waals surface area contributed by atoms with Gasteiger partial charge in [0, 0.05) is 25.4 Å². The fourth-order valence-electron chi connectivity index (χ4n) is 2.40. The van der Waals surface area contributed by atoms with Gasteiger partial charge in [-0.1, -0.05) is 6.07 Å². The molecule has 1 atom stereocenters. The van der Waals surface area contributed by atoms with Gasteiger partial charge in [0.1, 0.15) is 0 Å². The van der Waals surface area contributed by atoms with Gasteiger partial charge in [-0.3, -0.25) is 4.98 Å². The Hall–Kier alpha value is -0.970. The molecule has 1 fully saturated rings. The summed E-state index contributed by atoms with van der Waals surface area (Å²) in [5.74, 6) is 0. The summed E-state index contributed by atoms with van der Waals surface area (Å²) in [6.45, 7) is 3.19. The van der Waals surface area contributed by atoms with Crippen molar-refractivity contribution >= 4 is 0 Å². The molecule has 18 heavy (non-hydrogen) atoms. The lowest BCUT2D eigenvalue weighted by Crippen LogP contribution is -2.26.